The Morgan fingerprint density at radius 2 is 2.23 bits per heavy atom. The van der Waals surface area contributed by atoms with Crippen LogP contribution >= 0.6 is 15.9 Å². The largest absolute Gasteiger partial charge is 0.392 e. The second-order valence-corrected chi connectivity index (χ2v) is 3.94. The van der Waals surface area contributed by atoms with Crippen molar-refractivity contribution >= 4 is 26.8 Å². The minimum Gasteiger partial charge on any atom is -0.392 e. The number of aliphatic hydroxyl groups is 1. The van der Waals surface area contributed by atoms with Gasteiger partial charge in [-0.1, -0.05) is 15.9 Å². The predicted octanol–water partition coefficient (Wildman–Crippen LogP) is 2.43. The fourth-order valence-corrected chi connectivity index (χ4v) is 1.94. The summed E-state index contributed by atoms with van der Waals surface area (Å²) < 4.78 is 3.01. The lowest BCUT2D eigenvalue weighted by molar-refractivity contribution is 0.281. The molecule has 1 aromatic carbocycles. The van der Waals surface area contributed by atoms with Crippen LogP contribution in [0.4, 0.5) is 0 Å². The van der Waals surface area contributed by atoms with Gasteiger partial charge in [0.15, 0.2) is 0 Å². The van der Waals surface area contributed by atoms with Crippen molar-refractivity contribution in [3.8, 4) is 0 Å². The maximum absolute atomic E-state index is 9.07. The number of hydrogen-bond donors (Lipinski definition) is 1. The molecule has 2 nitrogen and oxygen atoms in total. The Hall–Kier alpha value is -0.800. The third-order valence-corrected chi connectivity index (χ3v) is 2.96. The van der Waals surface area contributed by atoms with Crippen LogP contribution in [-0.4, -0.2) is 9.67 Å². The van der Waals surface area contributed by atoms with Crippen LogP contribution < -0.4 is 0 Å². The number of hydrogen-bond acceptors (Lipinski definition) is 1. The second-order valence-electron chi connectivity index (χ2n) is 3.09. The van der Waals surface area contributed by atoms with E-state index in [1.54, 1.807) is 0 Å². The number of aromatic nitrogens is 1. The van der Waals surface area contributed by atoms with Crippen molar-refractivity contribution in [2.45, 2.75) is 6.61 Å². The highest BCUT2D eigenvalue weighted by atomic mass is 79.9. The van der Waals surface area contributed by atoms with Crippen molar-refractivity contribution in [1.82, 2.24) is 4.57 Å². The van der Waals surface area contributed by atoms with Crippen molar-refractivity contribution in [3.63, 3.8) is 0 Å². The summed E-state index contributed by atoms with van der Waals surface area (Å²) in [4.78, 5) is 0. The molecule has 0 fully saturated rings. The highest BCUT2D eigenvalue weighted by Crippen LogP contribution is 2.24. The standard InChI is InChI=1S/C10H10BrNO/c1-12-3-2-7-4-9(11)8(6-13)5-10(7)12/h2-5,13H,6H2,1H3. The van der Waals surface area contributed by atoms with Crippen LogP contribution in [0.5, 0.6) is 0 Å². The van der Waals surface area contributed by atoms with Crippen molar-refractivity contribution in [3.05, 3.63) is 34.4 Å². The lowest BCUT2D eigenvalue weighted by Crippen LogP contribution is -1.88. The number of rotatable bonds is 1. The summed E-state index contributed by atoms with van der Waals surface area (Å²) in [6, 6.07) is 6.08. The zero-order valence-electron chi connectivity index (χ0n) is 7.29. The number of nitrogens with zero attached hydrogens (tertiary/aromatic N) is 1. The fourth-order valence-electron chi connectivity index (χ4n) is 1.45. The molecule has 0 amide bonds. The second kappa shape index (κ2) is 3.16. The van der Waals surface area contributed by atoms with Crippen LogP contribution in [0.15, 0.2) is 28.9 Å². The smallest absolute Gasteiger partial charge is 0.0693 e. The molecule has 3 heteroatoms. The normalized spacial score (nSPS) is 11.0. The maximum atomic E-state index is 9.07. The number of aryl methyl sites for hydroxylation is 1. The molecule has 0 spiro atoms. The highest BCUT2D eigenvalue weighted by Gasteiger charge is 2.03. The van der Waals surface area contributed by atoms with Gasteiger partial charge in [-0.25, -0.2) is 0 Å². The SMILES string of the molecule is Cn1ccc2cc(Br)c(CO)cc21. The molecule has 0 saturated heterocycles. The number of aliphatic hydroxyl groups excluding tert-OH is 1. The van der Waals surface area contributed by atoms with Crippen LogP contribution in [0.25, 0.3) is 10.9 Å². The summed E-state index contributed by atoms with van der Waals surface area (Å²) in [7, 11) is 2.00. The van der Waals surface area contributed by atoms with E-state index in [-0.39, 0.29) is 6.61 Å². The van der Waals surface area contributed by atoms with Crippen LogP contribution in [0.1, 0.15) is 5.56 Å². The van der Waals surface area contributed by atoms with E-state index in [9.17, 15) is 0 Å². The van der Waals surface area contributed by atoms with Crippen LogP contribution in [-0.2, 0) is 13.7 Å². The Morgan fingerprint density at radius 3 is 2.92 bits per heavy atom. The molecule has 1 N–H and O–H groups in total. The van der Waals surface area contributed by atoms with E-state index in [0.717, 1.165) is 15.6 Å². The Labute approximate surface area is 84.9 Å². The molecule has 0 aliphatic heterocycles. The van der Waals surface area contributed by atoms with Crippen molar-refractivity contribution < 1.29 is 5.11 Å². The molecule has 0 atom stereocenters. The Kier molecular flexibility index (Phi) is 2.14. The third-order valence-electron chi connectivity index (χ3n) is 2.22. The lowest BCUT2D eigenvalue weighted by Gasteiger charge is -2.02. The third kappa shape index (κ3) is 1.38. The number of fused-ring (bicyclic) bond motifs is 1. The first-order valence-electron chi connectivity index (χ1n) is 4.06. The van der Waals surface area contributed by atoms with E-state index < -0.39 is 0 Å². The van der Waals surface area contributed by atoms with Crippen LogP contribution in [0, 0.1) is 0 Å². The van der Waals surface area contributed by atoms with Gasteiger partial charge in [0, 0.05) is 28.6 Å². The van der Waals surface area contributed by atoms with Crippen molar-refractivity contribution in [2.24, 2.45) is 7.05 Å². The molecule has 0 saturated carbocycles. The van der Waals surface area contributed by atoms with Crippen LogP contribution in [0.3, 0.4) is 0 Å². The van der Waals surface area contributed by atoms with E-state index in [0.29, 0.717) is 0 Å². The molecule has 0 radical (unpaired) electrons. The summed E-state index contributed by atoms with van der Waals surface area (Å²) in [6.07, 6.45) is 2.01. The molecule has 0 aliphatic carbocycles. The summed E-state index contributed by atoms with van der Waals surface area (Å²) in [5, 5.41) is 10.3. The molecule has 0 unspecified atom stereocenters. The first-order valence-corrected chi connectivity index (χ1v) is 4.86. The fraction of sp³-hybridized carbons (Fsp3) is 0.200. The molecular weight excluding hydrogens is 230 g/mol. The average Bonchev–Trinajstić information content (AvgIpc) is 2.46. The van der Waals surface area contributed by atoms with Crippen molar-refractivity contribution in [2.75, 3.05) is 0 Å². The van der Waals surface area contributed by atoms with Gasteiger partial charge in [-0.2, -0.15) is 0 Å². The molecule has 1 aromatic heterocycles. The lowest BCUT2D eigenvalue weighted by atomic mass is 10.2. The Balaban J connectivity index is 2.77. The van der Waals surface area contributed by atoms with Gasteiger partial charge >= 0.3 is 0 Å². The molecule has 0 bridgehead atoms. The zero-order chi connectivity index (χ0) is 9.42. The molecule has 2 aromatic rings. The predicted molar refractivity (Wildman–Crippen MR) is 56.5 cm³/mol. The van der Waals surface area contributed by atoms with E-state index in [4.69, 9.17) is 5.11 Å². The first kappa shape index (κ1) is 8.78. The summed E-state index contributed by atoms with van der Waals surface area (Å²) >= 11 is 3.42. The highest BCUT2D eigenvalue weighted by molar-refractivity contribution is 9.10. The van der Waals surface area contributed by atoms with Gasteiger partial charge in [-0.15, -0.1) is 0 Å². The average molecular weight is 240 g/mol. The zero-order valence-corrected chi connectivity index (χ0v) is 8.87. The minimum absolute atomic E-state index is 0.0711. The first-order chi connectivity index (χ1) is 6.22. The van der Waals surface area contributed by atoms with Gasteiger partial charge in [0.1, 0.15) is 0 Å². The van der Waals surface area contributed by atoms with Gasteiger partial charge in [0.05, 0.1) is 6.61 Å². The molecular formula is C10H10BrNO. The molecule has 13 heavy (non-hydrogen) atoms. The van der Waals surface area contributed by atoms with Gasteiger partial charge in [-0.05, 0) is 23.8 Å². The van der Waals surface area contributed by atoms with Gasteiger partial charge in [0.25, 0.3) is 0 Å². The number of halogens is 1. The van der Waals surface area contributed by atoms with E-state index in [1.807, 2.05) is 29.9 Å². The number of benzene rings is 1. The monoisotopic (exact) mass is 239 g/mol. The van der Waals surface area contributed by atoms with Gasteiger partial charge in [-0.3, -0.25) is 0 Å². The van der Waals surface area contributed by atoms with E-state index in [2.05, 4.69) is 22.0 Å². The molecule has 68 valence electrons. The van der Waals surface area contributed by atoms with Gasteiger partial charge < -0.3 is 9.67 Å². The maximum Gasteiger partial charge on any atom is 0.0693 e. The van der Waals surface area contributed by atoms with E-state index in [1.165, 1.54) is 5.39 Å². The van der Waals surface area contributed by atoms with Gasteiger partial charge in [0.2, 0.25) is 0 Å². The minimum atomic E-state index is 0.0711. The Bertz CT molecular complexity index is 447. The van der Waals surface area contributed by atoms with E-state index >= 15 is 0 Å². The Morgan fingerprint density at radius 1 is 1.46 bits per heavy atom. The summed E-state index contributed by atoms with van der Waals surface area (Å²) in [5.74, 6) is 0. The molecule has 2 rings (SSSR count). The summed E-state index contributed by atoms with van der Waals surface area (Å²) in [5.41, 5.74) is 2.07. The quantitative estimate of drug-likeness (QED) is 0.813. The molecule has 0 aliphatic rings. The topological polar surface area (TPSA) is 25.2 Å². The van der Waals surface area contributed by atoms with Crippen molar-refractivity contribution in [1.29, 1.82) is 0 Å². The summed E-state index contributed by atoms with van der Waals surface area (Å²) in [6.45, 7) is 0.0711. The van der Waals surface area contributed by atoms with Crippen LogP contribution in [0.2, 0.25) is 0 Å². The molecule has 1 heterocycles.